The van der Waals surface area contributed by atoms with Crippen molar-refractivity contribution in [2.45, 2.75) is 52.2 Å². The average molecular weight is 319 g/mol. The standard InChI is InChI=1S/C18H25NO4/c1-12-6-5-7-13(8-12)9-14-10-15(16(20)21)19(11-14)17(22)23-18(2,3)4/h5-8,14-15H,9-11H2,1-4H3,(H,20,21)/t14-,15+/m0/s1. The topological polar surface area (TPSA) is 66.8 Å². The summed E-state index contributed by atoms with van der Waals surface area (Å²) in [6, 6.07) is 7.37. The van der Waals surface area contributed by atoms with E-state index >= 15 is 0 Å². The Bertz CT molecular complexity index is 591. The van der Waals surface area contributed by atoms with Crippen molar-refractivity contribution in [3.05, 3.63) is 35.4 Å². The molecule has 1 saturated heterocycles. The number of benzene rings is 1. The van der Waals surface area contributed by atoms with E-state index in [1.54, 1.807) is 20.8 Å². The van der Waals surface area contributed by atoms with Crippen molar-refractivity contribution >= 4 is 12.1 Å². The summed E-state index contributed by atoms with van der Waals surface area (Å²) in [6.07, 6.45) is 0.685. The monoisotopic (exact) mass is 319 g/mol. The molecule has 23 heavy (non-hydrogen) atoms. The molecule has 2 atom stereocenters. The van der Waals surface area contributed by atoms with E-state index in [9.17, 15) is 14.7 Å². The van der Waals surface area contributed by atoms with Crippen molar-refractivity contribution in [2.24, 2.45) is 5.92 Å². The van der Waals surface area contributed by atoms with E-state index in [4.69, 9.17) is 4.74 Å². The Morgan fingerprint density at radius 2 is 2.04 bits per heavy atom. The molecule has 0 spiro atoms. The number of nitrogens with zero attached hydrogens (tertiary/aromatic N) is 1. The van der Waals surface area contributed by atoms with Crippen molar-refractivity contribution in [3.8, 4) is 0 Å². The van der Waals surface area contributed by atoms with Crippen LogP contribution >= 0.6 is 0 Å². The summed E-state index contributed by atoms with van der Waals surface area (Å²) in [5, 5.41) is 9.41. The lowest BCUT2D eigenvalue weighted by atomic mass is 9.96. The maximum atomic E-state index is 12.3. The Hall–Kier alpha value is -2.04. The zero-order chi connectivity index (χ0) is 17.2. The highest BCUT2D eigenvalue weighted by atomic mass is 16.6. The van der Waals surface area contributed by atoms with E-state index in [1.165, 1.54) is 16.0 Å². The molecule has 2 rings (SSSR count). The van der Waals surface area contributed by atoms with E-state index in [2.05, 4.69) is 6.07 Å². The zero-order valence-corrected chi connectivity index (χ0v) is 14.2. The number of carbonyl (C=O) groups is 2. The quantitative estimate of drug-likeness (QED) is 0.928. The van der Waals surface area contributed by atoms with Crippen molar-refractivity contribution in [2.75, 3.05) is 6.54 Å². The lowest BCUT2D eigenvalue weighted by Crippen LogP contribution is -2.43. The van der Waals surface area contributed by atoms with Gasteiger partial charge in [-0.2, -0.15) is 0 Å². The molecule has 0 bridgehead atoms. The first kappa shape index (κ1) is 17.3. The van der Waals surface area contributed by atoms with Crippen LogP contribution in [-0.2, 0) is 16.0 Å². The van der Waals surface area contributed by atoms with Gasteiger partial charge in [-0.05, 0) is 52.0 Å². The molecule has 1 heterocycles. The summed E-state index contributed by atoms with van der Waals surface area (Å²) < 4.78 is 5.34. The lowest BCUT2D eigenvalue weighted by Gasteiger charge is -2.26. The van der Waals surface area contributed by atoms with Gasteiger partial charge in [-0.15, -0.1) is 0 Å². The first-order valence-corrected chi connectivity index (χ1v) is 7.93. The highest BCUT2D eigenvalue weighted by Gasteiger charge is 2.41. The van der Waals surface area contributed by atoms with Gasteiger partial charge in [0.05, 0.1) is 0 Å². The van der Waals surface area contributed by atoms with Gasteiger partial charge in [0, 0.05) is 6.54 Å². The molecule has 1 aromatic rings. The van der Waals surface area contributed by atoms with Gasteiger partial charge in [0.2, 0.25) is 0 Å². The number of amides is 1. The summed E-state index contributed by atoms with van der Waals surface area (Å²) in [5.41, 5.74) is 1.72. The van der Waals surface area contributed by atoms with Crippen molar-refractivity contribution in [1.29, 1.82) is 0 Å². The van der Waals surface area contributed by atoms with Crippen LogP contribution < -0.4 is 0 Å². The van der Waals surface area contributed by atoms with Gasteiger partial charge >= 0.3 is 12.1 Å². The minimum absolute atomic E-state index is 0.130. The number of likely N-dealkylation sites (tertiary alicyclic amines) is 1. The SMILES string of the molecule is Cc1cccc(C[C@H]2C[C@H](C(=O)O)N(C(=O)OC(C)(C)C)C2)c1. The first-order valence-electron chi connectivity index (χ1n) is 7.93. The van der Waals surface area contributed by atoms with Crippen LogP contribution in [0.15, 0.2) is 24.3 Å². The number of hydrogen-bond acceptors (Lipinski definition) is 3. The van der Waals surface area contributed by atoms with Crippen molar-refractivity contribution in [3.63, 3.8) is 0 Å². The van der Waals surface area contributed by atoms with Crippen LogP contribution in [0.25, 0.3) is 0 Å². The number of hydrogen-bond donors (Lipinski definition) is 1. The second-order valence-electron chi connectivity index (χ2n) is 7.28. The molecule has 0 aromatic heterocycles. The summed E-state index contributed by atoms with van der Waals surface area (Å²) in [5.74, 6) is -0.840. The molecule has 0 radical (unpaired) electrons. The highest BCUT2D eigenvalue weighted by Crippen LogP contribution is 2.28. The molecule has 0 saturated carbocycles. The zero-order valence-electron chi connectivity index (χ0n) is 14.2. The van der Waals surface area contributed by atoms with Gasteiger partial charge in [-0.1, -0.05) is 29.8 Å². The second kappa shape index (κ2) is 6.60. The van der Waals surface area contributed by atoms with Gasteiger partial charge in [0.15, 0.2) is 0 Å². The fraction of sp³-hybridized carbons (Fsp3) is 0.556. The molecule has 1 amide bonds. The van der Waals surface area contributed by atoms with Crippen molar-refractivity contribution in [1.82, 2.24) is 4.90 Å². The molecule has 0 aliphatic carbocycles. The smallest absolute Gasteiger partial charge is 0.411 e. The molecule has 1 fully saturated rings. The number of ether oxygens (including phenoxy) is 1. The lowest BCUT2D eigenvalue weighted by molar-refractivity contribution is -0.142. The number of carboxylic acids is 1. The van der Waals surface area contributed by atoms with Crippen molar-refractivity contribution < 1.29 is 19.4 Å². The Morgan fingerprint density at radius 3 is 2.61 bits per heavy atom. The van der Waals surface area contributed by atoms with Crippen LogP contribution in [-0.4, -0.2) is 40.3 Å². The van der Waals surface area contributed by atoms with Gasteiger partial charge < -0.3 is 9.84 Å². The first-order chi connectivity index (χ1) is 10.7. The minimum Gasteiger partial charge on any atom is -0.480 e. The average Bonchev–Trinajstić information content (AvgIpc) is 2.81. The van der Waals surface area contributed by atoms with E-state index in [1.807, 2.05) is 25.1 Å². The van der Waals surface area contributed by atoms with Crippen LogP contribution in [0.1, 0.15) is 38.3 Å². The van der Waals surface area contributed by atoms with Gasteiger partial charge in [-0.3, -0.25) is 4.90 Å². The maximum Gasteiger partial charge on any atom is 0.411 e. The third-order valence-corrected chi connectivity index (χ3v) is 3.91. The Balaban J connectivity index is 2.08. The third-order valence-electron chi connectivity index (χ3n) is 3.91. The van der Waals surface area contributed by atoms with E-state index in [-0.39, 0.29) is 5.92 Å². The van der Waals surface area contributed by atoms with E-state index in [0.29, 0.717) is 13.0 Å². The molecule has 0 unspecified atom stereocenters. The third kappa shape index (κ3) is 4.71. The van der Waals surface area contributed by atoms with Crippen LogP contribution in [0.4, 0.5) is 4.79 Å². The Morgan fingerprint density at radius 1 is 1.35 bits per heavy atom. The maximum absolute atomic E-state index is 12.3. The predicted molar refractivity (Wildman–Crippen MR) is 87.4 cm³/mol. The normalized spacial score (nSPS) is 21.3. The molecule has 5 nitrogen and oxygen atoms in total. The molecule has 1 aliphatic heterocycles. The summed E-state index contributed by atoms with van der Waals surface area (Å²) in [7, 11) is 0. The van der Waals surface area contributed by atoms with Crippen LogP contribution in [0.5, 0.6) is 0 Å². The molecular weight excluding hydrogens is 294 g/mol. The molecular formula is C18H25NO4. The molecule has 5 heteroatoms. The fourth-order valence-corrected chi connectivity index (χ4v) is 3.00. The van der Waals surface area contributed by atoms with Gasteiger partial charge in [-0.25, -0.2) is 9.59 Å². The van der Waals surface area contributed by atoms with E-state index < -0.39 is 23.7 Å². The van der Waals surface area contributed by atoms with Gasteiger partial charge in [0.25, 0.3) is 0 Å². The highest BCUT2D eigenvalue weighted by molar-refractivity contribution is 5.81. The van der Waals surface area contributed by atoms with Crippen LogP contribution in [0, 0.1) is 12.8 Å². The molecule has 1 N–H and O–H groups in total. The number of aryl methyl sites for hydroxylation is 1. The number of carboxylic acid groups (broad SMARTS) is 1. The number of aliphatic carboxylic acids is 1. The van der Waals surface area contributed by atoms with Crippen LogP contribution in [0.2, 0.25) is 0 Å². The predicted octanol–water partition coefficient (Wildman–Crippen LogP) is 3.25. The fourth-order valence-electron chi connectivity index (χ4n) is 3.00. The minimum atomic E-state index is -0.970. The largest absolute Gasteiger partial charge is 0.480 e. The summed E-state index contributed by atoms with van der Waals surface area (Å²) >= 11 is 0. The Kier molecular flexibility index (Phi) is 4.97. The van der Waals surface area contributed by atoms with Crippen LogP contribution in [0.3, 0.4) is 0 Å². The number of rotatable bonds is 3. The second-order valence-corrected chi connectivity index (χ2v) is 7.28. The van der Waals surface area contributed by atoms with Gasteiger partial charge in [0.1, 0.15) is 11.6 Å². The molecule has 1 aromatic carbocycles. The van der Waals surface area contributed by atoms with E-state index in [0.717, 1.165) is 6.42 Å². The molecule has 1 aliphatic rings. The summed E-state index contributed by atoms with van der Waals surface area (Å²) in [4.78, 5) is 25.1. The summed E-state index contributed by atoms with van der Waals surface area (Å²) in [6.45, 7) is 7.79. The molecule has 126 valence electrons. The Labute approximate surface area is 137 Å². The number of carbonyl (C=O) groups excluding carboxylic acids is 1.